The number of nitrogens with zero attached hydrogens (tertiary/aromatic N) is 1. The van der Waals surface area contributed by atoms with Crippen molar-refractivity contribution in [3.05, 3.63) is 95.8 Å². The average molecular weight is 456 g/mol. The number of rotatable bonds is 8. The molecule has 0 spiro atoms. The number of allylic oxidation sites excluding steroid dienone is 1. The van der Waals surface area contributed by atoms with Gasteiger partial charge in [0.05, 0.1) is 0 Å². The second kappa shape index (κ2) is 9.40. The molecule has 0 heterocycles. The minimum atomic E-state index is -0.128. The van der Waals surface area contributed by atoms with Crippen molar-refractivity contribution >= 4 is 23.3 Å². The number of oxime groups is 1. The van der Waals surface area contributed by atoms with Crippen LogP contribution in [-0.4, -0.2) is 11.5 Å². The zero-order chi connectivity index (χ0) is 23.6. The van der Waals surface area contributed by atoms with Gasteiger partial charge in [-0.3, -0.25) is 4.79 Å². The van der Waals surface area contributed by atoms with Crippen molar-refractivity contribution in [2.24, 2.45) is 5.16 Å². The van der Waals surface area contributed by atoms with Crippen molar-refractivity contribution in [3.63, 3.8) is 0 Å². The van der Waals surface area contributed by atoms with E-state index in [0.717, 1.165) is 12.8 Å². The van der Waals surface area contributed by atoms with Crippen LogP contribution in [0.2, 0.25) is 0 Å². The number of carbonyl (C=O) groups excluding carboxylic acids is 1. The molecule has 0 bridgehead atoms. The molecule has 3 aromatic rings. The lowest BCUT2D eigenvalue weighted by atomic mass is 9.73. The molecular weight excluding hydrogens is 426 g/mol. The molecule has 1 aliphatic rings. The Morgan fingerprint density at radius 2 is 1.55 bits per heavy atom. The first-order chi connectivity index (χ1) is 15.9. The summed E-state index contributed by atoms with van der Waals surface area (Å²) >= 11 is 1.78. The Morgan fingerprint density at radius 1 is 0.909 bits per heavy atom. The molecule has 0 saturated carbocycles. The lowest BCUT2D eigenvalue weighted by molar-refractivity contribution is 0.105. The predicted octanol–water partition coefficient (Wildman–Crippen LogP) is 8.03. The summed E-state index contributed by atoms with van der Waals surface area (Å²) in [5, 5.41) is 3.93. The van der Waals surface area contributed by atoms with Gasteiger partial charge in [0.25, 0.3) is 0 Å². The summed E-state index contributed by atoms with van der Waals surface area (Å²) in [6, 6.07) is 23.3. The van der Waals surface area contributed by atoms with E-state index >= 15 is 0 Å². The van der Waals surface area contributed by atoms with Gasteiger partial charge in [-0.15, -0.1) is 0 Å². The lowest BCUT2D eigenvalue weighted by Gasteiger charge is -2.30. The largest absolute Gasteiger partial charge is 0.362 e. The zero-order valence-corrected chi connectivity index (χ0v) is 20.5. The molecule has 3 nitrogen and oxygen atoms in total. The Labute approximate surface area is 200 Å². The van der Waals surface area contributed by atoms with E-state index in [1.165, 1.54) is 32.0 Å². The van der Waals surface area contributed by atoms with Crippen LogP contribution in [0.25, 0.3) is 11.1 Å². The van der Waals surface area contributed by atoms with E-state index in [0.29, 0.717) is 17.0 Å². The van der Waals surface area contributed by atoms with E-state index in [1.807, 2.05) is 12.1 Å². The fraction of sp³-hybridized carbons (Fsp3) is 0.241. The highest BCUT2D eigenvalue weighted by molar-refractivity contribution is 7.99. The van der Waals surface area contributed by atoms with Gasteiger partial charge < -0.3 is 4.84 Å². The average Bonchev–Trinajstić information content (AvgIpc) is 3.11. The van der Waals surface area contributed by atoms with E-state index in [1.54, 1.807) is 25.6 Å². The number of fused-ring (bicyclic) bond motifs is 3. The topological polar surface area (TPSA) is 38.7 Å². The number of hydrogen-bond donors (Lipinski definition) is 0. The van der Waals surface area contributed by atoms with Crippen LogP contribution in [0.3, 0.4) is 0 Å². The summed E-state index contributed by atoms with van der Waals surface area (Å²) in [5.41, 5.74) is 5.89. The third-order valence-corrected chi connectivity index (χ3v) is 7.44. The Kier molecular flexibility index (Phi) is 6.57. The molecule has 4 rings (SSSR count). The number of carbonyl (C=O) groups is 1. The standard InChI is InChI=1S/C29H29NO2S/c1-6-29(7-2)26-17-21(28(31)20(5)30-32-19(3)4)13-15-24(26)25-16-14-23(18-27(25)29)33-22-11-9-8-10-12-22/h8-18H,3,6-7H2,1-2,4-5H3/b30-20+. The second-order valence-electron chi connectivity index (χ2n) is 8.47. The highest BCUT2D eigenvalue weighted by Gasteiger charge is 2.41. The summed E-state index contributed by atoms with van der Waals surface area (Å²) in [4.78, 5) is 20.6. The minimum Gasteiger partial charge on any atom is -0.362 e. The van der Waals surface area contributed by atoms with Crippen molar-refractivity contribution in [1.29, 1.82) is 0 Å². The number of ketones is 1. The fourth-order valence-corrected chi connectivity index (χ4v) is 5.59. The lowest BCUT2D eigenvalue weighted by Crippen LogP contribution is -2.24. The predicted molar refractivity (Wildman–Crippen MR) is 137 cm³/mol. The van der Waals surface area contributed by atoms with Gasteiger partial charge in [-0.2, -0.15) is 0 Å². The summed E-state index contributed by atoms with van der Waals surface area (Å²) in [6.45, 7) is 11.5. The van der Waals surface area contributed by atoms with Gasteiger partial charge in [0, 0.05) is 20.8 Å². The molecule has 1 aliphatic carbocycles. The quantitative estimate of drug-likeness (QED) is 0.149. The smallest absolute Gasteiger partial charge is 0.210 e. The first kappa shape index (κ1) is 23.1. The molecule has 0 saturated heterocycles. The van der Waals surface area contributed by atoms with Gasteiger partial charge in [0.1, 0.15) is 11.5 Å². The summed E-state index contributed by atoms with van der Waals surface area (Å²) in [6.07, 6.45) is 1.93. The number of Topliss-reactive ketones (excluding diaryl/α,β-unsaturated/α-hetero) is 1. The molecule has 33 heavy (non-hydrogen) atoms. The van der Waals surface area contributed by atoms with E-state index < -0.39 is 0 Å². The monoisotopic (exact) mass is 455 g/mol. The van der Waals surface area contributed by atoms with Crippen molar-refractivity contribution in [1.82, 2.24) is 0 Å². The van der Waals surface area contributed by atoms with Gasteiger partial charge in [0.2, 0.25) is 5.78 Å². The SMILES string of the molecule is C=C(C)O/N=C(\C)C(=O)c1ccc2c(c1)C(CC)(CC)c1cc(Sc3ccccc3)ccc1-2. The minimum absolute atomic E-state index is 0.118. The first-order valence-electron chi connectivity index (χ1n) is 11.3. The molecule has 0 N–H and O–H groups in total. The maximum atomic E-state index is 13.0. The highest BCUT2D eigenvalue weighted by atomic mass is 32.2. The normalized spacial score (nSPS) is 13.9. The van der Waals surface area contributed by atoms with Crippen LogP contribution in [0.15, 0.2) is 94.0 Å². The van der Waals surface area contributed by atoms with Crippen molar-refractivity contribution in [2.75, 3.05) is 0 Å². The third-order valence-electron chi connectivity index (χ3n) is 6.45. The number of hydrogen-bond acceptors (Lipinski definition) is 4. The molecule has 0 atom stereocenters. The molecule has 0 amide bonds. The molecule has 0 fully saturated rings. The molecule has 0 radical (unpaired) electrons. The molecule has 168 valence electrons. The maximum Gasteiger partial charge on any atom is 0.210 e. The Hall–Kier alpha value is -3.11. The summed E-state index contributed by atoms with van der Waals surface area (Å²) in [5.74, 6) is 0.322. The maximum absolute atomic E-state index is 13.0. The second-order valence-corrected chi connectivity index (χ2v) is 9.62. The van der Waals surface area contributed by atoms with Crippen LogP contribution in [0.4, 0.5) is 0 Å². The molecule has 3 aromatic carbocycles. The molecule has 0 unspecified atom stereocenters. The van der Waals surface area contributed by atoms with Gasteiger partial charge in [-0.05, 0) is 79.3 Å². The molecule has 0 aromatic heterocycles. The van der Waals surface area contributed by atoms with Crippen LogP contribution < -0.4 is 0 Å². The van der Waals surface area contributed by atoms with Gasteiger partial charge >= 0.3 is 0 Å². The van der Waals surface area contributed by atoms with Gasteiger partial charge in [-0.25, -0.2) is 0 Å². The van der Waals surface area contributed by atoms with Gasteiger partial charge in [-0.1, -0.05) is 73.7 Å². The van der Waals surface area contributed by atoms with E-state index in [2.05, 4.69) is 80.2 Å². The Balaban J connectivity index is 1.75. The zero-order valence-electron chi connectivity index (χ0n) is 19.6. The van der Waals surface area contributed by atoms with Crippen molar-refractivity contribution < 1.29 is 9.63 Å². The Bertz CT molecular complexity index is 1240. The van der Waals surface area contributed by atoms with E-state index in [-0.39, 0.29) is 11.2 Å². The van der Waals surface area contributed by atoms with Crippen LogP contribution in [0.5, 0.6) is 0 Å². The third kappa shape index (κ3) is 4.28. The number of benzene rings is 3. The molecular formula is C29H29NO2S. The van der Waals surface area contributed by atoms with Crippen LogP contribution >= 0.6 is 11.8 Å². The molecule has 0 aliphatic heterocycles. The van der Waals surface area contributed by atoms with Crippen LogP contribution in [0, 0.1) is 0 Å². The Morgan fingerprint density at radius 3 is 2.18 bits per heavy atom. The summed E-state index contributed by atoms with van der Waals surface area (Å²) in [7, 11) is 0. The summed E-state index contributed by atoms with van der Waals surface area (Å²) < 4.78 is 0. The van der Waals surface area contributed by atoms with Crippen molar-refractivity contribution in [3.8, 4) is 11.1 Å². The van der Waals surface area contributed by atoms with E-state index in [4.69, 9.17) is 4.84 Å². The van der Waals surface area contributed by atoms with E-state index in [9.17, 15) is 4.79 Å². The van der Waals surface area contributed by atoms with Crippen LogP contribution in [-0.2, 0) is 10.3 Å². The first-order valence-corrected chi connectivity index (χ1v) is 12.2. The van der Waals surface area contributed by atoms with Crippen molar-refractivity contribution in [2.45, 2.75) is 55.7 Å². The van der Waals surface area contributed by atoms with Crippen LogP contribution in [0.1, 0.15) is 62.0 Å². The molecule has 4 heteroatoms. The highest BCUT2D eigenvalue weighted by Crippen LogP contribution is 2.53. The fourth-order valence-electron chi connectivity index (χ4n) is 4.71. The van der Waals surface area contributed by atoms with Gasteiger partial charge in [0.15, 0.2) is 0 Å².